The quantitative estimate of drug-likeness (QED) is 0.877. The number of halogens is 2. The number of ether oxygens (including phenoxy) is 2. The summed E-state index contributed by atoms with van der Waals surface area (Å²) in [5.41, 5.74) is 0.572. The molecule has 1 amide bonds. The van der Waals surface area contributed by atoms with Crippen molar-refractivity contribution in [2.24, 2.45) is 0 Å². The molecule has 2 aromatic carbocycles. The van der Waals surface area contributed by atoms with Crippen molar-refractivity contribution in [1.29, 1.82) is 0 Å². The summed E-state index contributed by atoms with van der Waals surface area (Å²) in [6.45, 7) is 1.63. The first kappa shape index (κ1) is 16.5. The molecule has 0 heterocycles. The van der Waals surface area contributed by atoms with Crippen molar-refractivity contribution >= 4 is 34.8 Å². The predicted octanol–water partition coefficient (Wildman–Crippen LogP) is 4.41. The number of para-hydroxylation sites is 2. The van der Waals surface area contributed by atoms with Crippen LogP contribution in [0, 0.1) is 0 Å². The molecule has 0 bridgehead atoms. The zero-order valence-corrected chi connectivity index (χ0v) is 13.6. The van der Waals surface area contributed by atoms with Crippen LogP contribution in [0.2, 0.25) is 10.0 Å². The van der Waals surface area contributed by atoms with E-state index in [0.717, 1.165) is 0 Å². The summed E-state index contributed by atoms with van der Waals surface area (Å²) in [5, 5.41) is 3.62. The molecule has 0 saturated carbocycles. The minimum Gasteiger partial charge on any atom is -0.495 e. The smallest absolute Gasteiger partial charge is 0.265 e. The molecular formula is C16H15Cl2NO3. The predicted molar refractivity (Wildman–Crippen MR) is 88.2 cm³/mol. The number of methoxy groups -OCH3 is 1. The highest BCUT2D eigenvalue weighted by atomic mass is 35.5. The largest absolute Gasteiger partial charge is 0.495 e. The lowest BCUT2D eigenvalue weighted by Crippen LogP contribution is -2.30. The van der Waals surface area contributed by atoms with Gasteiger partial charge in [0.1, 0.15) is 11.5 Å². The van der Waals surface area contributed by atoms with Crippen LogP contribution in [0.5, 0.6) is 11.5 Å². The highest BCUT2D eigenvalue weighted by Crippen LogP contribution is 2.29. The molecule has 0 aliphatic carbocycles. The minimum atomic E-state index is -0.749. The fourth-order valence-electron chi connectivity index (χ4n) is 1.79. The topological polar surface area (TPSA) is 47.6 Å². The van der Waals surface area contributed by atoms with E-state index in [0.29, 0.717) is 27.2 Å². The summed E-state index contributed by atoms with van der Waals surface area (Å²) in [6.07, 6.45) is -0.749. The summed E-state index contributed by atoms with van der Waals surface area (Å²) in [7, 11) is 1.54. The molecule has 0 spiro atoms. The van der Waals surface area contributed by atoms with E-state index in [-0.39, 0.29) is 5.91 Å². The maximum atomic E-state index is 12.2. The molecule has 1 N–H and O–H groups in total. The molecule has 0 aliphatic heterocycles. The Morgan fingerprint density at radius 3 is 2.59 bits per heavy atom. The van der Waals surface area contributed by atoms with Crippen LogP contribution in [-0.4, -0.2) is 19.1 Å². The monoisotopic (exact) mass is 339 g/mol. The van der Waals surface area contributed by atoms with E-state index in [1.54, 1.807) is 43.3 Å². The van der Waals surface area contributed by atoms with E-state index < -0.39 is 6.10 Å². The van der Waals surface area contributed by atoms with E-state index in [1.807, 2.05) is 6.07 Å². The summed E-state index contributed by atoms with van der Waals surface area (Å²) in [5.74, 6) is 0.612. The Morgan fingerprint density at radius 2 is 1.86 bits per heavy atom. The van der Waals surface area contributed by atoms with Gasteiger partial charge in [-0.1, -0.05) is 35.3 Å². The average Bonchev–Trinajstić information content (AvgIpc) is 2.51. The number of amides is 1. The number of benzene rings is 2. The maximum absolute atomic E-state index is 12.2. The number of hydrogen-bond donors (Lipinski definition) is 1. The van der Waals surface area contributed by atoms with Crippen LogP contribution in [0.3, 0.4) is 0 Å². The molecule has 0 aliphatic rings. The minimum absolute atomic E-state index is 0.319. The third-order valence-corrected chi connectivity index (χ3v) is 3.48. The van der Waals surface area contributed by atoms with Crippen LogP contribution in [0.25, 0.3) is 0 Å². The van der Waals surface area contributed by atoms with Crippen LogP contribution >= 0.6 is 23.2 Å². The zero-order chi connectivity index (χ0) is 16.1. The van der Waals surface area contributed by atoms with Gasteiger partial charge in [-0.05, 0) is 31.2 Å². The molecule has 0 saturated heterocycles. The highest BCUT2D eigenvalue weighted by Gasteiger charge is 2.18. The molecular weight excluding hydrogens is 325 g/mol. The first-order valence-electron chi connectivity index (χ1n) is 6.57. The molecule has 0 unspecified atom stereocenters. The van der Waals surface area contributed by atoms with Crippen molar-refractivity contribution in [2.75, 3.05) is 12.4 Å². The lowest BCUT2D eigenvalue weighted by molar-refractivity contribution is -0.122. The lowest BCUT2D eigenvalue weighted by Gasteiger charge is -2.17. The molecule has 4 nitrogen and oxygen atoms in total. The molecule has 22 heavy (non-hydrogen) atoms. The number of carbonyl (C=O) groups is 1. The van der Waals surface area contributed by atoms with Crippen LogP contribution in [0.1, 0.15) is 6.92 Å². The molecule has 116 valence electrons. The molecule has 0 radical (unpaired) electrons. The summed E-state index contributed by atoms with van der Waals surface area (Å²) >= 11 is 11.9. The van der Waals surface area contributed by atoms with E-state index in [4.69, 9.17) is 32.7 Å². The van der Waals surface area contributed by atoms with Gasteiger partial charge in [-0.2, -0.15) is 0 Å². The van der Waals surface area contributed by atoms with Crippen molar-refractivity contribution in [3.8, 4) is 11.5 Å². The van der Waals surface area contributed by atoms with E-state index in [1.165, 1.54) is 7.11 Å². The van der Waals surface area contributed by atoms with Crippen LogP contribution in [-0.2, 0) is 4.79 Å². The summed E-state index contributed by atoms with van der Waals surface area (Å²) < 4.78 is 10.7. The molecule has 2 rings (SSSR count). The Labute approximate surface area is 138 Å². The SMILES string of the molecule is COc1ccccc1NC(=O)[C@H](C)Oc1cc(Cl)ccc1Cl. The van der Waals surface area contributed by atoms with Gasteiger partial charge in [0.25, 0.3) is 5.91 Å². The van der Waals surface area contributed by atoms with E-state index in [9.17, 15) is 4.79 Å². The molecule has 0 fully saturated rings. The average molecular weight is 340 g/mol. The van der Waals surface area contributed by atoms with Crippen molar-refractivity contribution in [3.63, 3.8) is 0 Å². The number of carbonyl (C=O) groups excluding carboxylic acids is 1. The second-order valence-corrected chi connectivity index (χ2v) is 5.37. The Morgan fingerprint density at radius 1 is 1.14 bits per heavy atom. The fraction of sp³-hybridized carbons (Fsp3) is 0.188. The van der Waals surface area contributed by atoms with Gasteiger partial charge in [-0.3, -0.25) is 4.79 Å². The third-order valence-electron chi connectivity index (χ3n) is 2.93. The molecule has 1 atom stereocenters. The Balaban J connectivity index is 2.07. The van der Waals surface area contributed by atoms with Crippen LogP contribution in [0.15, 0.2) is 42.5 Å². The van der Waals surface area contributed by atoms with Gasteiger partial charge in [-0.15, -0.1) is 0 Å². The Hall–Kier alpha value is -1.91. The van der Waals surface area contributed by atoms with Gasteiger partial charge >= 0.3 is 0 Å². The van der Waals surface area contributed by atoms with E-state index in [2.05, 4.69) is 5.32 Å². The first-order chi connectivity index (χ1) is 10.5. The zero-order valence-electron chi connectivity index (χ0n) is 12.1. The van der Waals surface area contributed by atoms with Crippen LogP contribution < -0.4 is 14.8 Å². The standard InChI is InChI=1S/C16H15Cl2NO3/c1-10(22-15-9-11(17)7-8-12(15)18)16(20)19-13-5-3-4-6-14(13)21-2/h3-10H,1-2H3,(H,19,20)/t10-/m0/s1. The Bertz CT molecular complexity index is 676. The van der Waals surface area contributed by atoms with Crippen molar-refractivity contribution in [3.05, 3.63) is 52.5 Å². The van der Waals surface area contributed by atoms with Gasteiger partial charge < -0.3 is 14.8 Å². The maximum Gasteiger partial charge on any atom is 0.265 e. The highest BCUT2D eigenvalue weighted by molar-refractivity contribution is 6.34. The fourth-order valence-corrected chi connectivity index (χ4v) is 2.12. The number of hydrogen-bond acceptors (Lipinski definition) is 3. The number of rotatable bonds is 5. The molecule has 0 aromatic heterocycles. The van der Waals surface area contributed by atoms with Gasteiger partial charge in [0.2, 0.25) is 0 Å². The number of anilines is 1. The normalized spacial score (nSPS) is 11.6. The molecule has 6 heteroatoms. The molecule has 2 aromatic rings. The van der Waals surface area contributed by atoms with Gasteiger partial charge in [-0.25, -0.2) is 0 Å². The van der Waals surface area contributed by atoms with Gasteiger partial charge in [0.15, 0.2) is 6.10 Å². The van der Waals surface area contributed by atoms with Crippen molar-refractivity contribution in [2.45, 2.75) is 13.0 Å². The van der Waals surface area contributed by atoms with Crippen LogP contribution in [0.4, 0.5) is 5.69 Å². The van der Waals surface area contributed by atoms with Crippen molar-refractivity contribution < 1.29 is 14.3 Å². The van der Waals surface area contributed by atoms with Crippen molar-refractivity contribution in [1.82, 2.24) is 0 Å². The van der Waals surface area contributed by atoms with E-state index >= 15 is 0 Å². The number of nitrogens with one attached hydrogen (secondary N) is 1. The second kappa shape index (κ2) is 7.38. The Kier molecular flexibility index (Phi) is 5.52. The first-order valence-corrected chi connectivity index (χ1v) is 7.32. The third kappa shape index (κ3) is 4.06. The van der Waals surface area contributed by atoms with Gasteiger partial charge in [0, 0.05) is 11.1 Å². The second-order valence-electron chi connectivity index (χ2n) is 4.52. The summed E-state index contributed by atoms with van der Waals surface area (Å²) in [4.78, 5) is 12.2. The van der Waals surface area contributed by atoms with Gasteiger partial charge in [0.05, 0.1) is 17.8 Å². The lowest BCUT2D eigenvalue weighted by atomic mass is 10.2. The summed E-state index contributed by atoms with van der Waals surface area (Å²) in [6, 6.07) is 12.0.